The third-order valence-electron chi connectivity index (χ3n) is 6.68. The molecule has 2 heterocycles. The van der Waals surface area contributed by atoms with Crippen molar-refractivity contribution in [1.29, 1.82) is 0 Å². The average molecular weight is 634 g/mol. The fraction of sp³-hybridized carbons (Fsp3) is 0.370. The minimum absolute atomic E-state index is 0.0222. The van der Waals surface area contributed by atoms with Crippen molar-refractivity contribution in [2.24, 2.45) is 5.11 Å². The van der Waals surface area contributed by atoms with Crippen LogP contribution in [0.15, 0.2) is 72.0 Å². The molecule has 0 aliphatic carbocycles. The van der Waals surface area contributed by atoms with Crippen LogP contribution in [0.4, 0.5) is 0 Å². The van der Waals surface area contributed by atoms with Crippen molar-refractivity contribution in [3.8, 4) is 5.75 Å². The molecular formula is C27H29ClN5O9P. The van der Waals surface area contributed by atoms with E-state index < -0.39 is 68.5 Å². The predicted octanol–water partition coefficient (Wildman–Crippen LogP) is 4.03. The predicted molar refractivity (Wildman–Crippen MR) is 152 cm³/mol. The third kappa shape index (κ3) is 7.81. The van der Waals surface area contributed by atoms with Crippen molar-refractivity contribution in [1.82, 2.24) is 9.99 Å². The molecule has 0 saturated carbocycles. The SMILES string of the molecule is C[C@H](NP(=O)(OC[C@H]1O[C@@H](N2C=CC(=O)CC2=O)[C@](C)(N=[N+]=[N-])[C@@H]1O)Oc1ccc(Cl)cc1)C(=O)OCc1ccccc1. The maximum absolute atomic E-state index is 13.9. The topological polar surface area (TPSA) is 189 Å². The van der Waals surface area contributed by atoms with Crippen LogP contribution in [0.1, 0.15) is 25.8 Å². The second kappa shape index (κ2) is 13.7. The summed E-state index contributed by atoms with van der Waals surface area (Å²) in [7, 11) is -4.40. The number of azide groups is 1. The van der Waals surface area contributed by atoms with Crippen LogP contribution in [-0.4, -0.2) is 64.3 Å². The molecule has 4 rings (SSSR count). The van der Waals surface area contributed by atoms with Crippen LogP contribution in [0.3, 0.4) is 0 Å². The number of esters is 1. The Balaban J connectivity index is 1.51. The number of halogens is 1. The van der Waals surface area contributed by atoms with Crippen LogP contribution in [0.5, 0.6) is 5.75 Å². The van der Waals surface area contributed by atoms with E-state index in [1.165, 1.54) is 44.3 Å². The van der Waals surface area contributed by atoms with Crippen LogP contribution in [0.2, 0.25) is 5.02 Å². The van der Waals surface area contributed by atoms with Gasteiger partial charge in [0.05, 0.1) is 19.1 Å². The largest absolute Gasteiger partial charge is 0.460 e. The van der Waals surface area contributed by atoms with Gasteiger partial charge in [0.15, 0.2) is 12.0 Å². The first kappa shape index (κ1) is 32.2. The molecule has 228 valence electrons. The fourth-order valence-electron chi connectivity index (χ4n) is 4.38. The number of ether oxygens (including phenoxy) is 2. The van der Waals surface area contributed by atoms with Gasteiger partial charge >= 0.3 is 13.7 Å². The quantitative estimate of drug-likeness (QED) is 0.0861. The van der Waals surface area contributed by atoms with Gasteiger partial charge in [-0.25, -0.2) is 4.57 Å². The fourth-order valence-corrected chi connectivity index (χ4v) is 6.00. The molecule has 2 aliphatic rings. The molecule has 6 atom stereocenters. The molecule has 2 aromatic rings. The van der Waals surface area contributed by atoms with Gasteiger partial charge in [0.2, 0.25) is 5.91 Å². The monoisotopic (exact) mass is 633 g/mol. The molecule has 2 aromatic carbocycles. The van der Waals surface area contributed by atoms with Crippen molar-refractivity contribution in [3.05, 3.63) is 87.9 Å². The number of ketones is 1. The number of aliphatic hydroxyl groups excluding tert-OH is 1. The summed E-state index contributed by atoms with van der Waals surface area (Å²) in [5, 5.41) is 17.7. The number of hydrogen-bond donors (Lipinski definition) is 2. The van der Waals surface area contributed by atoms with E-state index in [2.05, 4.69) is 15.1 Å². The number of rotatable bonds is 12. The van der Waals surface area contributed by atoms with Crippen LogP contribution in [0, 0.1) is 0 Å². The summed E-state index contributed by atoms with van der Waals surface area (Å²) >= 11 is 5.94. The summed E-state index contributed by atoms with van der Waals surface area (Å²) in [6, 6.07) is 13.6. The normalized spacial score (nSPS) is 25.5. The zero-order valence-corrected chi connectivity index (χ0v) is 24.8. The van der Waals surface area contributed by atoms with Gasteiger partial charge in [-0.15, -0.1) is 0 Å². The van der Waals surface area contributed by atoms with Gasteiger partial charge in [-0.3, -0.25) is 23.8 Å². The van der Waals surface area contributed by atoms with Gasteiger partial charge in [0.25, 0.3) is 0 Å². The number of carbonyl (C=O) groups is 3. The first-order chi connectivity index (χ1) is 20.4. The van der Waals surface area contributed by atoms with E-state index in [1.807, 2.05) is 6.07 Å². The highest BCUT2D eigenvalue weighted by Crippen LogP contribution is 2.47. The van der Waals surface area contributed by atoms with Gasteiger partial charge < -0.3 is 19.1 Å². The van der Waals surface area contributed by atoms with E-state index in [0.717, 1.165) is 16.5 Å². The van der Waals surface area contributed by atoms with Gasteiger partial charge in [-0.05, 0) is 55.3 Å². The molecule has 43 heavy (non-hydrogen) atoms. The highest BCUT2D eigenvalue weighted by molar-refractivity contribution is 7.52. The minimum atomic E-state index is -4.40. The summed E-state index contributed by atoms with van der Waals surface area (Å²) in [4.78, 5) is 40.8. The van der Waals surface area contributed by atoms with Crippen LogP contribution in [0.25, 0.3) is 10.4 Å². The smallest absolute Gasteiger partial charge is 0.459 e. The lowest BCUT2D eigenvalue weighted by Gasteiger charge is -2.35. The van der Waals surface area contributed by atoms with Gasteiger partial charge in [0, 0.05) is 16.1 Å². The van der Waals surface area contributed by atoms with E-state index in [0.29, 0.717) is 5.02 Å². The van der Waals surface area contributed by atoms with Crippen molar-refractivity contribution in [2.45, 2.75) is 56.9 Å². The Morgan fingerprint density at radius 3 is 2.63 bits per heavy atom. The van der Waals surface area contributed by atoms with Crippen molar-refractivity contribution in [3.63, 3.8) is 0 Å². The lowest BCUT2D eigenvalue weighted by molar-refractivity contribution is -0.147. The summed E-state index contributed by atoms with van der Waals surface area (Å²) in [6.45, 7) is 2.15. The third-order valence-corrected chi connectivity index (χ3v) is 8.57. The zero-order valence-electron chi connectivity index (χ0n) is 23.1. The number of carbonyl (C=O) groups excluding carboxylic acids is 3. The number of benzene rings is 2. The minimum Gasteiger partial charge on any atom is -0.460 e. The average Bonchev–Trinajstić information content (AvgIpc) is 3.21. The molecule has 16 heteroatoms. The van der Waals surface area contributed by atoms with E-state index in [9.17, 15) is 29.6 Å². The molecular weight excluding hydrogens is 605 g/mol. The highest BCUT2D eigenvalue weighted by Gasteiger charge is 2.56. The number of hydrogen-bond acceptors (Lipinski definition) is 10. The lowest BCUT2D eigenvalue weighted by Crippen LogP contribution is -2.52. The van der Waals surface area contributed by atoms with Crippen molar-refractivity contribution in [2.75, 3.05) is 6.61 Å². The summed E-state index contributed by atoms with van der Waals surface area (Å²) < 4.78 is 36.4. The Morgan fingerprint density at radius 2 is 1.98 bits per heavy atom. The number of allylic oxidation sites excluding steroid dienone is 1. The molecule has 1 fully saturated rings. The highest BCUT2D eigenvalue weighted by atomic mass is 35.5. The molecule has 2 aliphatic heterocycles. The van der Waals surface area contributed by atoms with Crippen molar-refractivity contribution >= 4 is 37.0 Å². The molecule has 0 bridgehead atoms. The summed E-state index contributed by atoms with van der Waals surface area (Å²) in [5.41, 5.74) is 8.22. The number of nitrogens with zero attached hydrogens (tertiary/aromatic N) is 4. The molecule has 1 saturated heterocycles. The molecule has 0 radical (unpaired) electrons. The first-order valence-corrected chi connectivity index (χ1v) is 15.0. The van der Waals surface area contributed by atoms with Gasteiger partial charge in [-0.1, -0.05) is 47.0 Å². The van der Waals surface area contributed by atoms with Crippen molar-refractivity contribution < 1.29 is 42.6 Å². The van der Waals surface area contributed by atoms with E-state index >= 15 is 0 Å². The van der Waals surface area contributed by atoms with Crippen LogP contribution < -0.4 is 9.61 Å². The number of nitrogens with one attached hydrogen (secondary N) is 1. The number of amides is 1. The molecule has 2 N–H and O–H groups in total. The number of aliphatic hydroxyl groups is 1. The van der Waals surface area contributed by atoms with E-state index in [4.69, 9.17) is 30.1 Å². The van der Waals surface area contributed by atoms with Crippen LogP contribution in [-0.2, 0) is 39.6 Å². The second-order valence-corrected chi connectivity index (χ2v) is 12.1. The summed E-state index contributed by atoms with van der Waals surface area (Å²) in [6.07, 6.45) is -2.26. The standard InChI is InChI=1S/C27H29ClN5O9P/c1-17(25(37)39-15-18-6-4-3-5-7-18)30-43(38,42-21-10-8-19(28)9-11-21)40-16-22-24(36)27(2,31-32-29)26(41-22)33-13-12-20(34)14-23(33)35/h3-13,17,22,24,26,36H,14-16H2,1-2H3,(H,30,38)/t17-,22+,24+,26+,27+,43?/m0/s1. The Hall–Kier alpha value is -3.74. The Morgan fingerprint density at radius 1 is 1.28 bits per heavy atom. The summed E-state index contributed by atoms with van der Waals surface area (Å²) in [5.74, 6) is -1.71. The molecule has 1 amide bonds. The first-order valence-electron chi connectivity index (χ1n) is 13.0. The lowest BCUT2D eigenvalue weighted by atomic mass is 9.92. The maximum Gasteiger partial charge on any atom is 0.459 e. The van der Waals surface area contributed by atoms with E-state index in [1.54, 1.807) is 24.3 Å². The maximum atomic E-state index is 13.9. The Kier molecular flexibility index (Phi) is 10.3. The molecule has 0 aromatic heterocycles. The van der Waals surface area contributed by atoms with Gasteiger partial charge in [-0.2, -0.15) is 5.09 Å². The Labute approximate surface area is 251 Å². The zero-order chi connectivity index (χ0) is 31.2. The molecule has 1 unspecified atom stereocenters. The van der Waals surface area contributed by atoms with E-state index in [-0.39, 0.29) is 12.4 Å². The molecule has 0 spiro atoms. The Bertz CT molecular complexity index is 1470. The second-order valence-electron chi connectivity index (χ2n) is 9.93. The van der Waals surface area contributed by atoms with Crippen LogP contribution >= 0.6 is 19.3 Å². The molecule has 14 nitrogen and oxygen atoms in total. The van der Waals surface area contributed by atoms with Gasteiger partial charge in [0.1, 0.15) is 30.0 Å².